The number of ether oxygens (including phenoxy) is 1. The van der Waals surface area contributed by atoms with Gasteiger partial charge in [-0.3, -0.25) is 9.36 Å². The van der Waals surface area contributed by atoms with Crippen molar-refractivity contribution in [1.82, 2.24) is 9.55 Å². The molecule has 2 aromatic heterocycles. The van der Waals surface area contributed by atoms with Crippen molar-refractivity contribution < 1.29 is 18.6 Å². The summed E-state index contributed by atoms with van der Waals surface area (Å²) in [6.45, 7) is 2.06. The number of nitrogens with zero attached hydrogens (tertiary/aromatic N) is 2. The molecule has 0 amide bonds. The molecule has 2 aromatic rings. The van der Waals surface area contributed by atoms with Crippen LogP contribution in [-0.2, 0) is 0 Å². The molecular formula is C16H18F2N2O3S2. The Labute approximate surface area is 152 Å². The minimum Gasteiger partial charge on any atom is -0.491 e. The van der Waals surface area contributed by atoms with Crippen molar-refractivity contribution in [2.75, 3.05) is 12.4 Å². The first kappa shape index (κ1) is 18.5. The maximum atomic E-state index is 13.4. The molecule has 0 saturated heterocycles. The molecular weight excluding hydrogens is 370 g/mol. The molecule has 136 valence electrons. The van der Waals surface area contributed by atoms with Gasteiger partial charge in [-0.05, 0) is 25.8 Å². The Bertz CT molecular complexity index is 834. The number of aliphatic hydroxyl groups is 1. The molecule has 1 aliphatic rings. The summed E-state index contributed by atoms with van der Waals surface area (Å²) in [6, 6.07) is 2.19. The van der Waals surface area contributed by atoms with Gasteiger partial charge < -0.3 is 9.84 Å². The van der Waals surface area contributed by atoms with Gasteiger partial charge in [0.25, 0.3) is 12.0 Å². The number of fused-ring (bicyclic) bond motifs is 1. The summed E-state index contributed by atoms with van der Waals surface area (Å²) in [5, 5.41) is 10.1. The topological polar surface area (TPSA) is 64.4 Å². The number of halogens is 2. The second kappa shape index (κ2) is 7.13. The highest BCUT2D eigenvalue weighted by Gasteiger charge is 2.40. The Hall–Kier alpha value is -1.32. The van der Waals surface area contributed by atoms with E-state index in [-0.39, 0.29) is 22.6 Å². The van der Waals surface area contributed by atoms with Crippen molar-refractivity contribution >= 4 is 33.5 Å². The number of rotatable bonds is 6. The van der Waals surface area contributed by atoms with E-state index in [9.17, 15) is 18.7 Å². The maximum Gasteiger partial charge on any atom is 0.264 e. The van der Waals surface area contributed by atoms with Gasteiger partial charge in [-0.15, -0.1) is 11.7 Å². The van der Waals surface area contributed by atoms with Gasteiger partial charge in [0, 0.05) is 28.8 Å². The molecule has 5 nitrogen and oxygen atoms in total. The molecule has 0 aliphatic heterocycles. The number of alkyl halides is 2. The zero-order valence-electron chi connectivity index (χ0n) is 13.5. The van der Waals surface area contributed by atoms with Gasteiger partial charge in [0.2, 0.25) is 0 Å². The predicted octanol–water partition coefficient (Wildman–Crippen LogP) is 3.38. The highest BCUT2D eigenvalue weighted by Crippen LogP contribution is 2.42. The van der Waals surface area contributed by atoms with Gasteiger partial charge >= 0.3 is 0 Å². The zero-order valence-corrected chi connectivity index (χ0v) is 15.2. The summed E-state index contributed by atoms with van der Waals surface area (Å²) in [5.41, 5.74) is -1.54. The van der Waals surface area contributed by atoms with Crippen molar-refractivity contribution in [3.63, 3.8) is 0 Å². The average molecular weight is 388 g/mol. The molecule has 1 fully saturated rings. The number of hydrogen-bond acceptors (Lipinski definition) is 6. The van der Waals surface area contributed by atoms with Crippen LogP contribution in [0.1, 0.15) is 37.8 Å². The smallest absolute Gasteiger partial charge is 0.264 e. The zero-order chi connectivity index (χ0) is 18.2. The van der Waals surface area contributed by atoms with Gasteiger partial charge in [0.15, 0.2) is 0 Å². The summed E-state index contributed by atoms with van der Waals surface area (Å²) >= 11 is 4.01. The van der Waals surface area contributed by atoms with Crippen LogP contribution in [0.2, 0.25) is 0 Å². The molecule has 25 heavy (non-hydrogen) atoms. The molecule has 1 aliphatic carbocycles. The Morgan fingerprint density at radius 2 is 2.24 bits per heavy atom. The Balaban J connectivity index is 2.07. The summed E-state index contributed by atoms with van der Waals surface area (Å²) in [6.07, 6.45) is -0.600. The fourth-order valence-electron chi connectivity index (χ4n) is 3.17. The van der Waals surface area contributed by atoms with Crippen molar-refractivity contribution in [2.24, 2.45) is 0 Å². The third-order valence-corrected chi connectivity index (χ3v) is 5.19. The van der Waals surface area contributed by atoms with E-state index in [4.69, 9.17) is 4.74 Å². The van der Waals surface area contributed by atoms with Crippen molar-refractivity contribution in [3.05, 3.63) is 34.2 Å². The molecule has 1 N–H and O–H groups in total. The molecule has 0 bridgehead atoms. The largest absolute Gasteiger partial charge is 0.491 e. The average Bonchev–Trinajstić information content (AvgIpc) is 2.52. The molecule has 0 atom stereocenters. The minimum absolute atomic E-state index is 0.192. The molecule has 0 radical (unpaired) electrons. The van der Waals surface area contributed by atoms with Crippen LogP contribution in [0.25, 0.3) is 11.0 Å². The first-order valence-corrected chi connectivity index (χ1v) is 9.81. The highest BCUT2D eigenvalue weighted by molar-refractivity contribution is 8.68. The summed E-state index contributed by atoms with van der Waals surface area (Å²) in [7, 11) is 1.31. The number of hydrogen-bond donors (Lipinski definition) is 2. The van der Waals surface area contributed by atoms with E-state index < -0.39 is 17.6 Å². The van der Waals surface area contributed by atoms with E-state index in [1.807, 2.05) is 0 Å². The lowest BCUT2D eigenvalue weighted by Crippen LogP contribution is -2.45. The lowest BCUT2D eigenvalue weighted by Gasteiger charge is -2.42. The van der Waals surface area contributed by atoms with E-state index in [2.05, 4.69) is 16.6 Å². The second-order valence-corrected chi connectivity index (χ2v) is 7.83. The SMILES string of the molecule is CC1(O)CC(n2c(=O)cc(C(F)F)c3cc(OCCSS)cnc32)C1. The van der Waals surface area contributed by atoms with Crippen molar-refractivity contribution in [3.8, 4) is 5.75 Å². The third-order valence-electron chi connectivity index (χ3n) is 4.29. The molecule has 2 heterocycles. The van der Waals surface area contributed by atoms with Gasteiger partial charge in [0.1, 0.15) is 11.4 Å². The van der Waals surface area contributed by atoms with Crippen LogP contribution in [0.5, 0.6) is 5.75 Å². The van der Waals surface area contributed by atoms with Crippen LogP contribution in [0.15, 0.2) is 23.1 Å². The molecule has 0 unspecified atom stereocenters. The van der Waals surface area contributed by atoms with Crippen molar-refractivity contribution in [2.45, 2.75) is 37.8 Å². The van der Waals surface area contributed by atoms with Gasteiger partial charge in [-0.2, -0.15) is 0 Å². The van der Waals surface area contributed by atoms with Crippen LogP contribution in [-0.4, -0.2) is 32.6 Å². The minimum atomic E-state index is -2.79. The lowest BCUT2D eigenvalue weighted by molar-refractivity contribution is -0.0507. The normalized spacial score (nSPS) is 23.0. The van der Waals surface area contributed by atoms with E-state index in [0.717, 1.165) is 6.07 Å². The van der Waals surface area contributed by atoms with Gasteiger partial charge in [0.05, 0.1) is 18.4 Å². The van der Waals surface area contributed by atoms with E-state index >= 15 is 0 Å². The van der Waals surface area contributed by atoms with E-state index in [0.29, 0.717) is 31.0 Å². The summed E-state index contributed by atoms with van der Waals surface area (Å²) < 4.78 is 33.7. The standard InChI is InChI=1S/C16H18F2N2O3S2/c1-16(22)6-9(7-16)20-13(21)5-11(14(17)18)12-4-10(8-19-15(12)20)23-2-3-25-24/h4-5,8-9,14,22,24H,2-3,6-7H2,1H3. The lowest BCUT2D eigenvalue weighted by atomic mass is 9.77. The number of thiol groups is 1. The number of aromatic nitrogens is 2. The highest BCUT2D eigenvalue weighted by atomic mass is 33.1. The van der Waals surface area contributed by atoms with Crippen molar-refractivity contribution in [1.29, 1.82) is 0 Å². The predicted molar refractivity (Wildman–Crippen MR) is 96.8 cm³/mol. The summed E-state index contributed by atoms with van der Waals surface area (Å²) in [5.74, 6) is 1.00. The number of pyridine rings is 2. The molecule has 0 spiro atoms. The van der Waals surface area contributed by atoms with Gasteiger partial charge in [-0.1, -0.05) is 10.8 Å². The quantitative estimate of drug-likeness (QED) is 0.451. The second-order valence-electron chi connectivity index (χ2n) is 6.39. The van der Waals surface area contributed by atoms with Gasteiger partial charge in [-0.25, -0.2) is 13.8 Å². The van der Waals surface area contributed by atoms with E-state index in [1.54, 1.807) is 6.92 Å². The molecule has 0 aromatic carbocycles. The van der Waals surface area contributed by atoms with Crippen LogP contribution in [0, 0.1) is 0 Å². The Kier molecular flexibility index (Phi) is 5.26. The van der Waals surface area contributed by atoms with Crippen LogP contribution in [0.3, 0.4) is 0 Å². The van der Waals surface area contributed by atoms with Crippen LogP contribution >= 0.6 is 22.5 Å². The monoisotopic (exact) mass is 388 g/mol. The maximum absolute atomic E-state index is 13.4. The Morgan fingerprint density at radius 3 is 2.84 bits per heavy atom. The fourth-order valence-corrected chi connectivity index (χ4v) is 3.56. The Morgan fingerprint density at radius 1 is 1.52 bits per heavy atom. The molecule has 9 heteroatoms. The van der Waals surface area contributed by atoms with E-state index in [1.165, 1.54) is 27.6 Å². The first-order chi connectivity index (χ1) is 11.8. The van der Waals surface area contributed by atoms with Crippen LogP contribution in [0.4, 0.5) is 8.78 Å². The fraction of sp³-hybridized carbons (Fsp3) is 0.500. The van der Waals surface area contributed by atoms with Crippen LogP contribution < -0.4 is 10.3 Å². The first-order valence-electron chi connectivity index (χ1n) is 7.77. The summed E-state index contributed by atoms with van der Waals surface area (Å²) in [4.78, 5) is 16.6. The molecule has 3 rings (SSSR count). The molecule has 1 saturated carbocycles. The third kappa shape index (κ3) is 3.78.